The van der Waals surface area contributed by atoms with Gasteiger partial charge in [0.15, 0.2) is 34.5 Å². The van der Waals surface area contributed by atoms with Crippen LogP contribution in [0.3, 0.4) is 0 Å². The van der Waals surface area contributed by atoms with Crippen molar-refractivity contribution in [2.75, 3.05) is 0 Å². The minimum atomic E-state index is -1.55. The van der Waals surface area contributed by atoms with Crippen LogP contribution >= 0.6 is 0 Å². The molecule has 0 fully saturated rings. The minimum Gasteiger partial charge on any atom is -0.507 e. The van der Waals surface area contributed by atoms with Crippen molar-refractivity contribution in [3.05, 3.63) is 127 Å². The van der Waals surface area contributed by atoms with Gasteiger partial charge in [-0.1, -0.05) is 30.4 Å². The molecule has 0 bridgehead atoms. The second-order valence-electron chi connectivity index (χ2n) is 9.81. The summed E-state index contributed by atoms with van der Waals surface area (Å²) in [6, 6.07) is 13.5. The lowest BCUT2D eigenvalue weighted by Crippen LogP contribution is -2.21. The number of hydrogen-bond acceptors (Lipinski definition) is 12. The van der Waals surface area contributed by atoms with E-state index in [-0.39, 0.29) is 40.1 Å². The fraction of sp³-hybridized carbons (Fsp3) is 0.0303. The van der Waals surface area contributed by atoms with Crippen LogP contribution in [-0.2, 0) is 0 Å². The lowest BCUT2D eigenvalue weighted by Gasteiger charge is -2.19. The van der Waals surface area contributed by atoms with Gasteiger partial charge in [0.25, 0.3) is 0 Å². The molecule has 12 heteroatoms. The summed E-state index contributed by atoms with van der Waals surface area (Å²) < 4.78 is 10.7. The summed E-state index contributed by atoms with van der Waals surface area (Å²) in [6.07, 6.45) is 5.47. The fourth-order valence-corrected chi connectivity index (χ4v) is 4.56. The van der Waals surface area contributed by atoms with Gasteiger partial charge in [0.1, 0.15) is 23.0 Å². The van der Waals surface area contributed by atoms with Crippen LogP contribution in [0.25, 0.3) is 24.3 Å². The van der Waals surface area contributed by atoms with Gasteiger partial charge in [0.2, 0.25) is 0 Å². The molecule has 2 aromatic heterocycles. The molecule has 12 nitrogen and oxygen atoms in total. The topological polar surface area (TPSA) is 222 Å². The summed E-state index contributed by atoms with van der Waals surface area (Å²) in [4.78, 5) is 26.6. The molecular formula is C33H24O12. The average molecular weight is 613 g/mol. The van der Waals surface area contributed by atoms with E-state index in [0.29, 0.717) is 11.1 Å². The second-order valence-corrected chi connectivity index (χ2v) is 9.81. The molecule has 0 saturated heterocycles. The van der Waals surface area contributed by atoms with Crippen LogP contribution in [0.2, 0.25) is 0 Å². The number of phenols is 6. The van der Waals surface area contributed by atoms with Crippen molar-refractivity contribution in [3.63, 3.8) is 0 Å². The van der Waals surface area contributed by atoms with E-state index < -0.39 is 51.3 Å². The molecule has 8 N–H and O–H groups in total. The van der Waals surface area contributed by atoms with E-state index in [4.69, 9.17) is 8.83 Å². The molecule has 0 spiro atoms. The molecule has 0 amide bonds. The van der Waals surface area contributed by atoms with Crippen molar-refractivity contribution in [1.82, 2.24) is 0 Å². The molecule has 45 heavy (non-hydrogen) atoms. The van der Waals surface area contributed by atoms with Gasteiger partial charge in [-0.15, -0.1) is 0 Å². The van der Waals surface area contributed by atoms with Crippen molar-refractivity contribution in [2.45, 2.75) is 5.92 Å². The Morgan fingerprint density at radius 2 is 0.844 bits per heavy atom. The van der Waals surface area contributed by atoms with Gasteiger partial charge in [-0.25, -0.2) is 9.59 Å². The highest BCUT2D eigenvalue weighted by atomic mass is 16.4. The molecule has 2 heterocycles. The third-order valence-corrected chi connectivity index (χ3v) is 6.76. The number of phenolic OH excluding ortho intramolecular Hbond substituents is 6. The monoisotopic (exact) mass is 612 g/mol. The van der Waals surface area contributed by atoms with Crippen LogP contribution < -0.4 is 11.3 Å². The summed E-state index contributed by atoms with van der Waals surface area (Å²) in [5.41, 5.74) is -2.37. The van der Waals surface area contributed by atoms with E-state index in [1.54, 1.807) is 0 Å². The zero-order chi connectivity index (χ0) is 32.4. The minimum absolute atomic E-state index is 0.00113. The molecule has 0 aliphatic carbocycles. The van der Waals surface area contributed by atoms with Gasteiger partial charge in [0, 0.05) is 12.1 Å². The van der Waals surface area contributed by atoms with E-state index in [2.05, 4.69) is 0 Å². The van der Waals surface area contributed by atoms with Gasteiger partial charge in [0.05, 0.1) is 17.0 Å². The fourth-order valence-electron chi connectivity index (χ4n) is 4.56. The zero-order valence-electron chi connectivity index (χ0n) is 22.9. The van der Waals surface area contributed by atoms with E-state index in [9.17, 15) is 50.4 Å². The maximum Gasteiger partial charge on any atom is 0.344 e. The van der Waals surface area contributed by atoms with E-state index in [0.717, 1.165) is 24.3 Å². The normalized spacial score (nSPS) is 12.2. The van der Waals surface area contributed by atoms with Crippen molar-refractivity contribution in [1.29, 1.82) is 0 Å². The van der Waals surface area contributed by atoms with E-state index in [1.165, 1.54) is 66.8 Å². The molecule has 5 aromatic rings. The summed E-state index contributed by atoms with van der Waals surface area (Å²) in [7, 11) is 0. The second kappa shape index (κ2) is 12.0. The predicted octanol–water partition coefficient (Wildman–Crippen LogP) is 4.76. The molecule has 0 saturated carbocycles. The smallest absolute Gasteiger partial charge is 0.344 e. The van der Waals surface area contributed by atoms with E-state index in [1.807, 2.05) is 0 Å². The third kappa shape index (κ3) is 6.29. The van der Waals surface area contributed by atoms with Gasteiger partial charge in [-0.2, -0.15) is 0 Å². The van der Waals surface area contributed by atoms with Crippen molar-refractivity contribution in [3.8, 4) is 46.0 Å². The molecule has 0 aliphatic heterocycles. The Labute approximate surface area is 252 Å². The molecular weight excluding hydrogens is 588 g/mol. The number of hydrogen-bond donors (Lipinski definition) is 8. The number of rotatable bonds is 7. The molecule has 0 atom stereocenters. The number of benzene rings is 3. The molecule has 228 valence electrons. The van der Waals surface area contributed by atoms with Crippen LogP contribution in [0.15, 0.2) is 85.2 Å². The van der Waals surface area contributed by atoms with Gasteiger partial charge in [-0.3, -0.25) is 0 Å². The first-order chi connectivity index (χ1) is 21.4. The van der Waals surface area contributed by atoms with Crippen molar-refractivity contribution in [2.24, 2.45) is 0 Å². The van der Waals surface area contributed by atoms with Crippen LogP contribution in [0.4, 0.5) is 0 Å². The van der Waals surface area contributed by atoms with Crippen LogP contribution in [0.1, 0.15) is 45.3 Å². The Balaban J connectivity index is 1.59. The highest BCUT2D eigenvalue weighted by molar-refractivity contribution is 5.71. The van der Waals surface area contributed by atoms with E-state index >= 15 is 0 Å². The summed E-state index contributed by atoms with van der Waals surface area (Å²) in [5.74, 6) is -5.64. The number of aromatic hydroxyl groups is 8. The van der Waals surface area contributed by atoms with Crippen LogP contribution in [0.5, 0.6) is 46.0 Å². The summed E-state index contributed by atoms with van der Waals surface area (Å²) in [5, 5.41) is 80.4. The first kappa shape index (κ1) is 29.9. The Bertz CT molecular complexity index is 1980. The zero-order valence-corrected chi connectivity index (χ0v) is 22.9. The lowest BCUT2D eigenvalue weighted by molar-refractivity contribution is 0.401. The standard InChI is InChI=1S/C33H24O12/c34-21-8-3-16(11-24(21)37)1-6-19-14-27(40)30(32(42)44-19)29(18-5-10-23(36)26(39)13-18)31-28(41)15-20(45-33(31)43)7-2-17-4-9-22(35)25(38)12-17/h1-15,29,34-41H. The third-order valence-electron chi connectivity index (χ3n) is 6.76. The Morgan fingerprint density at radius 3 is 1.22 bits per heavy atom. The molecule has 3 aromatic carbocycles. The highest BCUT2D eigenvalue weighted by Crippen LogP contribution is 2.40. The molecule has 0 aliphatic rings. The van der Waals surface area contributed by atoms with Crippen molar-refractivity contribution >= 4 is 24.3 Å². The van der Waals surface area contributed by atoms with Gasteiger partial charge in [-0.05, 0) is 65.2 Å². The van der Waals surface area contributed by atoms with Crippen molar-refractivity contribution < 1.29 is 49.7 Å². The lowest BCUT2D eigenvalue weighted by atomic mass is 9.85. The highest BCUT2D eigenvalue weighted by Gasteiger charge is 2.31. The Morgan fingerprint density at radius 1 is 0.444 bits per heavy atom. The molecule has 5 rings (SSSR count). The SMILES string of the molecule is O=c1oc(C=Cc2ccc(O)c(O)c2)cc(O)c1C(c1ccc(O)c(O)c1)c1c(O)cc(C=Cc2ccc(O)c(O)c2)oc1=O. The quantitative estimate of drug-likeness (QED) is 0.117. The average Bonchev–Trinajstić information content (AvgIpc) is 2.98. The maximum atomic E-state index is 13.3. The van der Waals surface area contributed by atoms with Gasteiger partial charge < -0.3 is 49.7 Å². The van der Waals surface area contributed by atoms with Crippen LogP contribution in [0, 0.1) is 0 Å². The first-order valence-electron chi connectivity index (χ1n) is 13.1. The predicted molar refractivity (Wildman–Crippen MR) is 161 cm³/mol. The van der Waals surface area contributed by atoms with Gasteiger partial charge >= 0.3 is 11.3 Å². The summed E-state index contributed by atoms with van der Waals surface area (Å²) >= 11 is 0. The molecule has 0 radical (unpaired) electrons. The largest absolute Gasteiger partial charge is 0.507 e. The maximum absolute atomic E-state index is 13.3. The first-order valence-corrected chi connectivity index (χ1v) is 13.1. The van der Waals surface area contributed by atoms with Crippen LogP contribution in [-0.4, -0.2) is 40.9 Å². The summed E-state index contributed by atoms with van der Waals surface area (Å²) in [6.45, 7) is 0. The molecule has 0 unspecified atom stereocenters. The Kier molecular flexibility index (Phi) is 7.96. The Hall–Kier alpha value is -6.56.